The summed E-state index contributed by atoms with van der Waals surface area (Å²) in [5, 5.41) is 87.7. The summed E-state index contributed by atoms with van der Waals surface area (Å²) >= 11 is 0. The van der Waals surface area contributed by atoms with E-state index in [2.05, 4.69) is 19.2 Å². The zero-order valence-corrected chi connectivity index (χ0v) is 56.6. The third-order valence-electron chi connectivity index (χ3n) is 19.1. The van der Waals surface area contributed by atoms with Crippen molar-refractivity contribution in [2.24, 2.45) is 0 Å². The lowest BCUT2D eigenvalue weighted by molar-refractivity contribution is -0.359. The van der Waals surface area contributed by atoms with Gasteiger partial charge in [-0.2, -0.15) is 0 Å². The average Bonchev–Trinajstić information content (AvgIpc) is 2.50. The first kappa shape index (κ1) is 82.1. The highest BCUT2D eigenvalue weighted by Crippen LogP contribution is 2.30. The van der Waals surface area contributed by atoms with Crippen LogP contribution in [-0.4, -0.2) is 140 Å². The molecule has 0 bridgehead atoms. The first-order valence-corrected chi connectivity index (χ1v) is 37.8. The molecule has 0 spiro atoms. The fourth-order valence-electron chi connectivity index (χ4n) is 13.1. The predicted octanol–water partition coefficient (Wildman–Crippen LogP) is 16.0. The monoisotopic (exact) mass is 1240 g/mol. The Morgan fingerprint density at radius 2 is 0.655 bits per heavy atom. The van der Waals surface area contributed by atoms with Gasteiger partial charge in [-0.3, -0.25) is 4.79 Å². The third kappa shape index (κ3) is 42.8. The maximum Gasteiger partial charge on any atom is 0.220 e. The minimum Gasteiger partial charge on any atom is -0.394 e. The van der Waals surface area contributed by atoms with Crippen molar-refractivity contribution >= 4 is 5.91 Å². The first-order chi connectivity index (χ1) is 42.6. The molecule has 0 aliphatic carbocycles. The Morgan fingerprint density at radius 3 is 0.977 bits per heavy atom. The Kier molecular flexibility index (Phi) is 55.5. The van der Waals surface area contributed by atoms with E-state index in [9.17, 15) is 45.6 Å². The lowest BCUT2D eigenvalue weighted by atomic mass is 9.97. The molecule has 14 nitrogen and oxygen atoms in total. The van der Waals surface area contributed by atoms with Gasteiger partial charge >= 0.3 is 0 Å². The third-order valence-corrected chi connectivity index (χ3v) is 19.1. The molecule has 0 radical (unpaired) electrons. The highest BCUT2D eigenvalue weighted by molar-refractivity contribution is 5.76. The van der Waals surface area contributed by atoms with Gasteiger partial charge in [0.05, 0.1) is 32.0 Å². The van der Waals surface area contributed by atoms with Gasteiger partial charge in [0.15, 0.2) is 12.6 Å². The lowest BCUT2D eigenvalue weighted by Crippen LogP contribution is -2.65. The van der Waals surface area contributed by atoms with E-state index in [1.165, 1.54) is 289 Å². The van der Waals surface area contributed by atoms with Gasteiger partial charge in [-0.25, -0.2) is 0 Å². The van der Waals surface area contributed by atoms with Crippen LogP contribution in [0.2, 0.25) is 0 Å². The van der Waals surface area contributed by atoms with Gasteiger partial charge in [0.25, 0.3) is 0 Å². The first-order valence-electron chi connectivity index (χ1n) is 37.8. The van der Waals surface area contributed by atoms with Gasteiger partial charge in [0.1, 0.15) is 48.8 Å². The number of carbonyl (C=O) groups excluding carboxylic acids is 1. The number of hydrogen-bond donors (Lipinski definition) is 9. The summed E-state index contributed by atoms with van der Waals surface area (Å²) in [6, 6.07) is -0.825. The Hall–Kier alpha value is -1.01. The van der Waals surface area contributed by atoms with Crippen molar-refractivity contribution in [2.45, 2.75) is 441 Å². The zero-order valence-electron chi connectivity index (χ0n) is 56.6. The molecule has 2 saturated heterocycles. The second-order valence-corrected chi connectivity index (χ2v) is 27.1. The second kappa shape index (κ2) is 58.8. The summed E-state index contributed by atoms with van der Waals surface area (Å²) in [6.07, 6.45) is 54.2. The van der Waals surface area contributed by atoms with E-state index in [1.54, 1.807) is 0 Å². The molecule has 0 aromatic heterocycles. The molecule has 0 aromatic rings. The summed E-state index contributed by atoms with van der Waals surface area (Å²) in [6.45, 7) is 2.94. The van der Waals surface area contributed by atoms with Crippen LogP contribution in [0, 0.1) is 0 Å². The SMILES string of the molecule is CCCCCCCCCCCCCCCCCCCCCCCCCCCCCCC(O)C(COC1OC(CO)C(OC2OC(CO)C(O)C(O)C2O)C(O)C1O)NC(=O)CCCCCCCCCCCCCCCCCCCCCCCCCCC. The van der Waals surface area contributed by atoms with Crippen molar-refractivity contribution < 1.29 is 64.6 Å². The van der Waals surface area contributed by atoms with Gasteiger partial charge < -0.3 is 65.1 Å². The molecule has 518 valence electrons. The van der Waals surface area contributed by atoms with Gasteiger partial charge in [-0.05, 0) is 12.8 Å². The van der Waals surface area contributed by atoms with Gasteiger partial charge in [0, 0.05) is 6.42 Å². The Labute approximate surface area is 534 Å². The molecule has 2 aliphatic heterocycles. The molecule has 2 rings (SSSR count). The summed E-state index contributed by atoms with van der Waals surface area (Å²) in [7, 11) is 0. The number of ether oxygens (including phenoxy) is 4. The van der Waals surface area contributed by atoms with Crippen molar-refractivity contribution in [2.75, 3.05) is 19.8 Å². The Morgan fingerprint density at radius 1 is 0.368 bits per heavy atom. The summed E-state index contributed by atoms with van der Waals surface area (Å²) in [5.74, 6) is -0.196. The molecule has 0 saturated carbocycles. The topological polar surface area (TPSA) is 228 Å². The smallest absolute Gasteiger partial charge is 0.220 e. The number of rotatable bonds is 64. The molecule has 0 aromatic carbocycles. The molecule has 87 heavy (non-hydrogen) atoms. The highest BCUT2D eigenvalue weighted by Gasteiger charge is 2.51. The number of carbonyl (C=O) groups is 1. The molecule has 2 fully saturated rings. The van der Waals surface area contributed by atoms with Crippen LogP contribution in [0.15, 0.2) is 0 Å². The maximum absolute atomic E-state index is 13.4. The van der Waals surface area contributed by atoms with E-state index in [4.69, 9.17) is 18.9 Å². The van der Waals surface area contributed by atoms with Crippen LogP contribution in [0.5, 0.6) is 0 Å². The molecule has 12 unspecified atom stereocenters. The van der Waals surface area contributed by atoms with Gasteiger partial charge in [0.2, 0.25) is 5.91 Å². The number of amides is 1. The molecule has 12 atom stereocenters. The minimum absolute atomic E-state index is 0.196. The highest BCUT2D eigenvalue weighted by atomic mass is 16.7. The summed E-state index contributed by atoms with van der Waals surface area (Å²) in [5.41, 5.74) is 0. The van der Waals surface area contributed by atoms with Crippen molar-refractivity contribution in [1.29, 1.82) is 0 Å². The molecule has 9 N–H and O–H groups in total. The number of aliphatic hydroxyl groups excluding tert-OH is 8. The van der Waals surface area contributed by atoms with Crippen molar-refractivity contribution in [3.63, 3.8) is 0 Å². The molecule has 1 amide bonds. The van der Waals surface area contributed by atoms with E-state index in [-0.39, 0.29) is 12.5 Å². The Balaban J connectivity index is 1.63. The second-order valence-electron chi connectivity index (χ2n) is 27.1. The van der Waals surface area contributed by atoms with Crippen molar-refractivity contribution in [1.82, 2.24) is 5.32 Å². The zero-order chi connectivity index (χ0) is 63.1. The van der Waals surface area contributed by atoms with Crippen LogP contribution in [0.25, 0.3) is 0 Å². The quantitative estimate of drug-likeness (QED) is 0.0259. The standard InChI is InChI=1S/C73H143NO13/c1-3-5-7-9-11-13-15-17-19-21-23-25-27-29-30-31-33-34-36-38-40-42-44-46-48-50-52-54-56-62(77)61(60-84-72-70(83)68(81)71(64(59-76)86-72)87-73-69(82)67(80)66(79)63(58-75)85-73)74-65(78)57-55-53-51-49-47-45-43-41-39-37-35-32-28-26-24-22-20-18-16-14-12-10-8-6-4-2/h61-64,66-73,75-77,79-83H,3-60H2,1-2H3,(H,74,78). The van der Waals surface area contributed by atoms with Gasteiger partial charge in [-0.15, -0.1) is 0 Å². The fraction of sp³-hybridized carbons (Fsp3) is 0.986. The fourth-order valence-corrected chi connectivity index (χ4v) is 13.1. The summed E-state index contributed by atoms with van der Waals surface area (Å²) < 4.78 is 23.0. The number of nitrogens with one attached hydrogen (secondary N) is 1. The molecular weight excluding hydrogens is 1100 g/mol. The molecule has 2 heterocycles. The largest absolute Gasteiger partial charge is 0.394 e. The van der Waals surface area contributed by atoms with E-state index in [0.29, 0.717) is 12.8 Å². The van der Waals surface area contributed by atoms with Crippen LogP contribution in [0.3, 0.4) is 0 Å². The van der Waals surface area contributed by atoms with E-state index in [0.717, 1.165) is 51.4 Å². The number of unbranched alkanes of at least 4 members (excludes halogenated alkanes) is 51. The number of hydrogen-bond acceptors (Lipinski definition) is 13. The maximum atomic E-state index is 13.4. The molecular formula is C73H143NO13. The van der Waals surface area contributed by atoms with E-state index < -0.39 is 86.8 Å². The van der Waals surface area contributed by atoms with Crippen molar-refractivity contribution in [3.05, 3.63) is 0 Å². The summed E-state index contributed by atoms with van der Waals surface area (Å²) in [4.78, 5) is 13.4. The van der Waals surface area contributed by atoms with Crippen LogP contribution in [0.4, 0.5) is 0 Å². The van der Waals surface area contributed by atoms with Gasteiger partial charge in [-0.1, -0.05) is 348 Å². The number of aliphatic hydroxyl groups is 8. The molecule has 2 aliphatic rings. The lowest BCUT2D eigenvalue weighted by Gasteiger charge is -2.46. The van der Waals surface area contributed by atoms with E-state index >= 15 is 0 Å². The van der Waals surface area contributed by atoms with Crippen LogP contribution >= 0.6 is 0 Å². The predicted molar refractivity (Wildman–Crippen MR) is 356 cm³/mol. The van der Waals surface area contributed by atoms with Crippen molar-refractivity contribution in [3.8, 4) is 0 Å². The normalized spacial score (nSPS) is 23.1. The van der Waals surface area contributed by atoms with Crippen LogP contribution in [-0.2, 0) is 23.7 Å². The average molecular weight is 1240 g/mol. The Bertz CT molecular complexity index is 1460. The van der Waals surface area contributed by atoms with Crippen LogP contribution in [0.1, 0.15) is 367 Å². The molecule has 14 heteroatoms. The van der Waals surface area contributed by atoms with Crippen LogP contribution < -0.4 is 5.32 Å². The minimum atomic E-state index is -1.78. The van der Waals surface area contributed by atoms with E-state index in [1.807, 2.05) is 0 Å².